The SMILES string of the molecule is O=C(NNC(=O)c1cccc([N+](=O)[O-])c1)c1cccc(F)c1. The molecule has 2 N–H and O–H groups in total. The molecule has 2 amide bonds. The summed E-state index contributed by atoms with van der Waals surface area (Å²) in [6, 6.07) is 9.93. The van der Waals surface area contributed by atoms with E-state index in [-0.39, 0.29) is 16.8 Å². The van der Waals surface area contributed by atoms with Gasteiger partial charge in [-0.2, -0.15) is 0 Å². The highest BCUT2D eigenvalue weighted by Gasteiger charge is 2.13. The van der Waals surface area contributed by atoms with Crippen LogP contribution in [0.1, 0.15) is 20.7 Å². The van der Waals surface area contributed by atoms with E-state index < -0.39 is 22.6 Å². The van der Waals surface area contributed by atoms with Gasteiger partial charge in [0.15, 0.2) is 0 Å². The van der Waals surface area contributed by atoms with Crippen LogP contribution in [-0.4, -0.2) is 16.7 Å². The highest BCUT2D eigenvalue weighted by atomic mass is 19.1. The molecule has 0 unspecified atom stereocenters. The molecule has 0 radical (unpaired) electrons. The Morgan fingerprint density at radius 2 is 1.50 bits per heavy atom. The molecule has 2 aromatic carbocycles. The number of non-ortho nitro benzene ring substituents is 1. The largest absolute Gasteiger partial charge is 0.270 e. The molecule has 0 aliphatic rings. The summed E-state index contributed by atoms with van der Waals surface area (Å²) in [6.45, 7) is 0. The van der Waals surface area contributed by atoms with Gasteiger partial charge in [0.25, 0.3) is 17.5 Å². The molecule has 0 saturated carbocycles. The monoisotopic (exact) mass is 303 g/mol. The molecule has 0 fully saturated rings. The molecular formula is C14H10FN3O4. The van der Waals surface area contributed by atoms with Gasteiger partial charge in [0.2, 0.25) is 0 Å². The standard InChI is InChI=1S/C14H10FN3O4/c15-11-5-1-3-9(7-11)13(19)16-17-14(20)10-4-2-6-12(8-10)18(21)22/h1-8H,(H,16,19)(H,17,20). The number of nitrogens with zero attached hydrogens (tertiary/aromatic N) is 1. The second-order valence-corrected chi connectivity index (χ2v) is 4.23. The Balaban J connectivity index is 2.02. The van der Waals surface area contributed by atoms with Gasteiger partial charge in [-0.1, -0.05) is 12.1 Å². The zero-order valence-corrected chi connectivity index (χ0v) is 11.1. The summed E-state index contributed by atoms with van der Waals surface area (Å²) < 4.78 is 13.0. The molecule has 0 atom stereocenters. The Morgan fingerprint density at radius 1 is 0.955 bits per heavy atom. The molecule has 0 bridgehead atoms. The van der Waals surface area contributed by atoms with E-state index >= 15 is 0 Å². The summed E-state index contributed by atoms with van der Waals surface area (Å²) in [5, 5.41) is 10.6. The van der Waals surface area contributed by atoms with E-state index in [1.807, 2.05) is 0 Å². The smallest absolute Gasteiger partial charge is 0.267 e. The zero-order valence-electron chi connectivity index (χ0n) is 11.1. The minimum absolute atomic E-state index is 0.00809. The Labute approximate surface area is 123 Å². The number of halogens is 1. The quantitative estimate of drug-likeness (QED) is 0.667. The van der Waals surface area contributed by atoms with Gasteiger partial charge < -0.3 is 0 Å². The maximum atomic E-state index is 13.0. The molecule has 0 aliphatic heterocycles. The fourth-order valence-corrected chi connectivity index (χ4v) is 1.65. The third-order valence-corrected chi connectivity index (χ3v) is 2.70. The lowest BCUT2D eigenvalue weighted by atomic mass is 10.2. The van der Waals surface area contributed by atoms with Crippen molar-refractivity contribution in [3.05, 3.63) is 75.6 Å². The van der Waals surface area contributed by atoms with Crippen molar-refractivity contribution < 1.29 is 18.9 Å². The van der Waals surface area contributed by atoms with Crippen LogP contribution in [0.2, 0.25) is 0 Å². The first kappa shape index (κ1) is 15.1. The molecule has 8 heteroatoms. The Morgan fingerprint density at radius 3 is 2.05 bits per heavy atom. The number of nitro groups is 1. The van der Waals surface area contributed by atoms with Crippen molar-refractivity contribution in [1.82, 2.24) is 10.9 Å². The van der Waals surface area contributed by atoms with Crippen molar-refractivity contribution in [1.29, 1.82) is 0 Å². The number of hydrazine groups is 1. The van der Waals surface area contributed by atoms with Gasteiger partial charge in [0.05, 0.1) is 4.92 Å². The molecule has 0 spiro atoms. The van der Waals surface area contributed by atoms with Crippen LogP contribution in [0.5, 0.6) is 0 Å². The van der Waals surface area contributed by atoms with Gasteiger partial charge in [-0.05, 0) is 24.3 Å². The van der Waals surface area contributed by atoms with Crippen molar-refractivity contribution in [2.24, 2.45) is 0 Å². The van der Waals surface area contributed by atoms with E-state index in [0.29, 0.717) is 0 Å². The average molecular weight is 303 g/mol. The predicted octanol–water partition coefficient (Wildman–Crippen LogP) is 1.81. The Kier molecular flexibility index (Phi) is 4.42. The summed E-state index contributed by atoms with van der Waals surface area (Å²) in [4.78, 5) is 33.5. The minimum atomic E-state index is -0.728. The van der Waals surface area contributed by atoms with Gasteiger partial charge in [0, 0.05) is 23.3 Å². The first-order chi connectivity index (χ1) is 10.5. The van der Waals surface area contributed by atoms with Gasteiger partial charge in [-0.15, -0.1) is 0 Å². The van der Waals surface area contributed by atoms with Gasteiger partial charge >= 0.3 is 0 Å². The number of carbonyl (C=O) groups is 2. The lowest BCUT2D eigenvalue weighted by Gasteiger charge is -2.07. The maximum absolute atomic E-state index is 13.0. The van der Waals surface area contributed by atoms with Crippen LogP contribution in [0, 0.1) is 15.9 Å². The van der Waals surface area contributed by atoms with E-state index in [0.717, 1.165) is 12.1 Å². The van der Waals surface area contributed by atoms with E-state index in [9.17, 15) is 24.1 Å². The Hall–Kier alpha value is -3.29. The topological polar surface area (TPSA) is 101 Å². The van der Waals surface area contributed by atoms with Gasteiger partial charge in [0.1, 0.15) is 5.82 Å². The molecule has 0 aliphatic carbocycles. The number of nitro benzene ring substituents is 1. The van der Waals surface area contributed by atoms with Crippen LogP contribution in [-0.2, 0) is 0 Å². The van der Waals surface area contributed by atoms with E-state index in [2.05, 4.69) is 10.9 Å². The van der Waals surface area contributed by atoms with E-state index in [1.54, 1.807) is 0 Å². The molecule has 112 valence electrons. The van der Waals surface area contributed by atoms with E-state index in [1.165, 1.54) is 36.4 Å². The number of amides is 2. The maximum Gasteiger partial charge on any atom is 0.270 e. The third kappa shape index (κ3) is 3.63. The van der Waals surface area contributed by atoms with Crippen LogP contribution in [0.15, 0.2) is 48.5 Å². The number of hydrogen-bond donors (Lipinski definition) is 2. The first-order valence-corrected chi connectivity index (χ1v) is 6.08. The number of nitrogens with one attached hydrogen (secondary N) is 2. The summed E-state index contributed by atoms with van der Waals surface area (Å²) in [5.74, 6) is -2.02. The highest BCUT2D eigenvalue weighted by molar-refractivity contribution is 5.99. The molecule has 2 rings (SSSR count). The molecule has 7 nitrogen and oxygen atoms in total. The van der Waals surface area contributed by atoms with Crippen molar-refractivity contribution in [2.45, 2.75) is 0 Å². The predicted molar refractivity (Wildman–Crippen MR) is 74.4 cm³/mol. The minimum Gasteiger partial charge on any atom is -0.267 e. The normalized spacial score (nSPS) is 9.86. The number of benzene rings is 2. The third-order valence-electron chi connectivity index (χ3n) is 2.70. The fraction of sp³-hybridized carbons (Fsp3) is 0. The van der Waals surface area contributed by atoms with Crippen LogP contribution >= 0.6 is 0 Å². The van der Waals surface area contributed by atoms with Crippen LogP contribution < -0.4 is 10.9 Å². The van der Waals surface area contributed by atoms with Crippen molar-refractivity contribution in [2.75, 3.05) is 0 Å². The van der Waals surface area contributed by atoms with Crippen molar-refractivity contribution in [3.63, 3.8) is 0 Å². The molecule has 2 aromatic rings. The number of carbonyl (C=O) groups excluding carboxylic acids is 2. The van der Waals surface area contributed by atoms with Crippen LogP contribution in [0.4, 0.5) is 10.1 Å². The number of hydrogen-bond acceptors (Lipinski definition) is 4. The lowest BCUT2D eigenvalue weighted by molar-refractivity contribution is -0.384. The second kappa shape index (κ2) is 6.44. The summed E-state index contributed by atoms with van der Waals surface area (Å²) in [7, 11) is 0. The van der Waals surface area contributed by atoms with Crippen molar-refractivity contribution in [3.8, 4) is 0 Å². The molecule has 0 heterocycles. The Bertz CT molecular complexity index is 748. The van der Waals surface area contributed by atoms with Crippen LogP contribution in [0.25, 0.3) is 0 Å². The van der Waals surface area contributed by atoms with E-state index in [4.69, 9.17) is 0 Å². The molecule has 22 heavy (non-hydrogen) atoms. The second-order valence-electron chi connectivity index (χ2n) is 4.23. The first-order valence-electron chi connectivity index (χ1n) is 6.08. The lowest BCUT2D eigenvalue weighted by Crippen LogP contribution is -2.41. The fourth-order valence-electron chi connectivity index (χ4n) is 1.65. The molecule has 0 saturated heterocycles. The summed E-state index contributed by atoms with van der Waals surface area (Å²) in [6.07, 6.45) is 0. The van der Waals surface area contributed by atoms with Gasteiger partial charge in [-0.25, -0.2) is 4.39 Å². The van der Waals surface area contributed by atoms with Crippen LogP contribution in [0.3, 0.4) is 0 Å². The van der Waals surface area contributed by atoms with Gasteiger partial charge in [-0.3, -0.25) is 30.6 Å². The molecule has 0 aromatic heterocycles. The average Bonchev–Trinajstić information content (AvgIpc) is 2.52. The summed E-state index contributed by atoms with van der Waals surface area (Å²) >= 11 is 0. The zero-order chi connectivity index (χ0) is 16.1. The highest BCUT2D eigenvalue weighted by Crippen LogP contribution is 2.12. The number of rotatable bonds is 3. The van der Waals surface area contributed by atoms with Crippen molar-refractivity contribution >= 4 is 17.5 Å². The summed E-state index contributed by atoms with van der Waals surface area (Å²) in [5.41, 5.74) is 3.99. The molecular weight excluding hydrogens is 293 g/mol.